The normalized spacial score (nSPS) is 12.1. The minimum absolute atomic E-state index is 0.0733. The molecule has 0 heterocycles. The quantitative estimate of drug-likeness (QED) is 0.915. The lowest BCUT2D eigenvalue weighted by Gasteiger charge is -2.13. The van der Waals surface area contributed by atoms with Crippen LogP contribution in [0.5, 0.6) is 0 Å². The Kier molecular flexibility index (Phi) is 4.62. The van der Waals surface area contributed by atoms with Gasteiger partial charge in [-0.15, -0.1) is 0 Å². The molecule has 5 heteroatoms. The van der Waals surface area contributed by atoms with Crippen molar-refractivity contribution >= 4 is 5.97 Å². The first kappa shape index (κ1) is 15.1. The molecule has 0 aliphatic heterocycles. The lowest BCUT2D eigenvalue weighted by atomic mass is 9.92. The van der Waals surface area contributed by atoms with Gasteiger partial charge in [-0.3, -0.25) is 4.79 Å². The fourth-order valence-corrected chi connectivity index (χ4v) is 2.15. The zero-order valence-electron chi connectivity index (χ0n) is 11.0. The van der Waals surface area contributed by atoms with Crippen molar-refractivity contribution in [3.63, 3.8) is 0 Å². The van der Waals surface area contributed by atoms with Crippen molar-refractivity contribution in [2.75, 3.05) is 0 Å². The highest BCUT2D eigenvalue weighted by Gasteiger charge is 2.20. The highest BCUT2D eigenvalue weighted by atomic mass is 19.1. The molecular formula is C16H13F3O2. The van der Waals surface area contributed by atoms with Crippen LogP contribution in [0.1, 0.15) is 11.1 Å². The molecule has 2 rings (SSSR count). The maximum absolute atomic E-state index is 13.6. The minimum Gasteiger partial charge on any atom is -0.481 e. The topological polar surface area (TPSA) is 37.3 Å². The Hall–Kier alpha value is -2.30. The summed E-state index contributed by atoms with van der Waals surface area (Å²) >= 11 is 0. The Labute approximate surface area is 119 Å². The summed E-state index contributed by atoms with van der Waals surface area (Å²) in [6, 6.07) is 8.64. The van der Waals surface area contributed by atoms with E-state index in [9.17, 15) is 23.1 Å². The summed E-state index contributed by atoms with van der Waals surface area (Å²) in [5, 5.41) is 9.22. The number of hydrogen-bond donors (Lipinski definition) is 1. The van der Waals surface area contributed by atoms with Crippen LogP contribution in [0.4, 0.5) is 13.2 Å². The molecule has 110 valence electrons. The Bertz CT molecular complexity index is 656. The molecule has 1 unspecified atom stereocenters. The molecule has 0 saturated heterocycles. The van der Waals surface area contributed by atoms with Gasteiger partial charge in [-0.05, 0) is 42.2 Å². The smallest absolute Gasteiger partial charge is 0.307 e. The number of rotatable bonds is 5. The maximum atomic E-state index is 13.6. The van der Waals surface area contributed by atoms with Gasteiger partial charge in [0, 0.05) is 6.07 Å². The van der Waals surface area contributed by atoms with Gasteiger partial charge < -0.3 is 5.11 Å². The molecule has 1 atom stereocenters. The predicted molar refractivity (Wildman–Crippen MR) is 71.3 cm³/mol. The van der Waals surface area contributed by atoms with E-state index in [0.717, 1.165) is 12.1 Å². The molecule has 0 radical (unpaired) electrons. The Morgan fingerprint density at radius 3 is 2.33 bits per heavy atom. The third-order valence-electron chi connectivity index (χ3n) is 3.20. The molecule has 2 aromatic carbocycles. The number of carbonyl (C=O) groups is 1. The number of carboxylic acid groups (broad SMARTS) is 1. The van der Waals surface area contributed by atoms with Crippen LogP contribution in [0.15, 0.2) is 42.5 Å². The number of benzene rings is 2. The maximum Gasteiger partial charge on any atom is 0.307 e. The molecule has 1 N–H and O–H groups in total. The molecule has 2 nitrogen and oxygen atoms in total. The zero-order valence-corrected chi connectivity index (χ0v) is 11.0. The van der Waals surface area contributed by atoms with E-state index < -0.39 is 29.3 Å². The van der Waals surface area contributed by atoms with Crippen LogP contribution in [0, 0.1) is 23.4 Å². The van der Waals surface area contributed by atoms with Crippen molar-refractivity contribution in [1.29, 1.82) is 0 Å². The molecular weight excluding hydrogens is 281 g/mol. The fourth-order valence-electron chi connectivity index (χ4n) is 2.15. The van der Waals surface area contributed by atoms with Crippen LogP contribution in [0.2, 0.25) is 0 Å². The SMILES string of the molecule is O=C(O)C(Cc1cccc(F)c1)Cc1ccc(F)cc1F. The van der Waals surface area contributed by atoms with Crippen LogP contribution in [0.25, 0.3) is 0 Å². The summed E-state index contributed by atoms with van der Waals surface area (Å²) in [4.78, 5) is 11.3. The average molecular weight is 294 g/mol. The van der Waals surface area contributed by atoms with E-state index in [4.69, 9.17) is 0 Å². The average Bonchev–Trinajstić information content (AvgIpc) is 2.40. The Morgan fingerprint density at radius 1 is 1.00 bits per heavy atom. The second-order valence-corrected chi connectivity index (χ2v) is 4.81. The number of carboxylic acids is 1. The predicted octanol–water partition coefficient (Wildman–Crippen LogP) is 3.59. The lowest BCUT2D eigenvalue weighted by molar-refractivity contribution is -0.141. The standard InChI is InChI=1S/C16H13F3O2/c17-13-3-1-2-10(7-13)6-12(16(20)21)8-11-4-5-14(18)9-15(11)19/h1-5,7,9,12H,6,8H2,(H,20,21). The van der Waals surface area contributed by atoms with Gasteiger partial charge in [0.15, 0.2) is 0 Å². The van der Waals surface area contributed by atoms with Crippen molar-refractivity contribution in [1.82, 2.24) is 0 Å². The van der Waals surface area contributed by atoms with E-state index in [-0.39, 0.29) is 18.4 Å². The van der Waals surface area contributed by atoms with Gasteiger partial charge in [-0.25, -0.2) is 13.2 Å². The lowest BCUT2D eigenvalue weighted by Crippen LogP contribution is -2.20. The summed E-state index contributed by atoms with van der Waals surface area (Å²) in [6.07, 6.45) is -0.0120. The van der Waals surface area contributed by atoms with E-state index in [1.165, 1.54) is 24.3 Å². The monoisotopic (exact) mass is 294 g/mol. The van der Waals surface area contributed by atoms with E-state index >= 15 is 0 Å². The van der Waals surface area contributed by atoms with Crippen LogP contribution in [-0.2, 0) is 17.6 Å². The van der Waals surface area contributed by atoms with Gasteiger partial charge in [-0.2, -0.15) is 0 Å². The second-order valence-electron chi connectivity index (χ2n) is 4.81. The molecule has 0 fully saturated rings. The number of hydrogen-bond acceptors (Lipinski definition) is 1. The molecule has 0 spiro atoms. The minimum atomic E-state index is -1.11. The molecule has 0 amide bonds. The van der Waals surface area contributed by atoms with Crippen LogP contribution in [0.3, 0.4) is 0 Å². The third kappa shape index (κ3) is 4.08. The van der Waals surface area contributed by atoms with Crippen molar-refractivity contribution in [2.45, 2.75) is 12.8 Å². The summed E-state index contributed by atoms with van der Waals surface area (Å²) in [5.41, 5.74) is 0.644. The largest absolute Gasteiger partial charge is 0.481 e. The molecule has 21 heavy (non-hydrogen) atoms. The van der Waals surface area contributed by atoms with Gasteiger partial charge in [0.1, 0.15) is 17.5 Å². The molecule has 0 aromatic heterocycles. The van der Waals surface area contributed by atoms with Crippen LogP contribution in [-0.4, -0.2) is 11.1 Å². The summed E-state index contributed by atoms with van der Waals surface area (Å²) in [7, 11) is 0. The molecule has 0 aliphatic rings. The van der Waals surface area contributed by atoms with E-state index in [1.807, 2.05) is 0 Å². The first-order chi connectivity index (χ1) is 9.95. The Balaban J connectivity index is 2.18. The summed E-state index contributed by atoms with van der Waals surface area (Å²) in [5.74, 6) is -3.96. The molecule has 2 aromatic rings. The first-order valence-electron chi connectivity index (χ1n) is 6.37. The molecule has 0 saturated carbocycles. The summed E-state index contributed by atoms with van der Waals surface area (Å²) in [6.45, 7) is 0. The van der Waals surface area contributed by atoms with Gasteiger partial charge >= 0.3 is 5.97 Å². The number of aliphatic carboxylic acids is 1. The first-order valence-corrected chi connectivity index (χ1v) is 6.37. The van der Waals surface area contributed by atoms with Crippen molar-refractivity contribution in [3.8, 4) is 0 Å². The van der Waals surface area contributed by atoms with Gasteiger partial charge in [0.05, 0.1) is 5.92 Å². The fraction of sp³-hybridized carbons (Fsp3) is 0.188. The van der Waals surface area contributed by atoms with Crippen molar-refractivity contribution in [2.24, 2.45) is 5.92 Å². The highest BCUT2D eigenvalue weighted by Crippen LogP contribution is 2.19. The van der Waals surface area contributed by atoms with Gasteiger partial charge in [0.2, 0.25) is 0 Å². The zero-order chi connectivity index (χ0) is 15.4. The molecule has 0 aliphatic carbocycles. The van der Waals surface area contributed by atoms with Gasteiger partial charge in [0.25, 0.3) is 0 Å². The third-order valence-corrected chi connectivity index (χ3v) is 3.20. The van der Waals surface area contributed by atoms with Crippen LogP contribution < -0.4 is 0 Å². The highest BCUT2D eigenvalue weighted by molar-refractivity contribution is 5.70. The van der Waals surface area contributed by atoms with E-state index in [1.54, 1.807) is 6.07 Å². The Morgan fingerprint density at radius 2 is 1.71 bits per heavy atom. The van der Waals surface area contributed by atoms with E-state index in [2.05, 4.69) is 0 Å². The van der Waals surface area contributed by atoms with Crippen molar-refractivity contribution < 1.29 is 23.1 Å². The summed E-state index contributed by atoms with van der Waals surface area (Å²) < 4.78 is 39.5. The second kappa shape index (κ2) is 6.43. The molecule has 0 bridgehead atoms. The van der Waals surface area contributed by atoms with Crippen LogP contribution >= 0.6 is 0 Å². The van der Waals surface area contributed by atoms with Gasteiger partial charge in [-0.1, -0.05) is 18.2 Å². The van der Waals surface area contributed by atoms with Crippen molar-refractivity contribution in [3.05, 3.63) is 71.0 Å². The van der Waals surface area contributed by atoms with E-state index in [0.29, 0.717) is 5.56 Å². The number of halogens is 3.